The second-order valence-electron chi connectivity index (χ2n) is 7.01. The molecule has 1 aromatic carbocycles. The molecule has 0 atom stereocenters. The molecule has 1 aliphatic carbocycles. The second kappa shape index (κ2) is 5.46. The Morgan fingerprint density at radius 3 is 2.42 bits per heavy atom. The highest BCUT2D eigenvalue weighted by Gasteiger charge is 2.49. The van der Waals surface area contributed by atoms with Gasteiger partial charge in [-0.15, -0.1) is 0 Å². The number of hydrogen-bond donors (Lipinski definition) is 1. The fourth-order valence-corrected chi connectivity index (χ4v) is 3.55. The summed E-state index contributed by atoms with van der Waals surface area (Å²) in [5.41, 5.74) is 1.97. The van der Waals surface area contributed by atoms with Crippen molar-refractivity contribution in [1.82, 2.24) is 5.32 Å². The van der Waals surface area contributed by atoms with Crippen LogP contribution in [0.3, 0.4) is 0 Å². The normalized spacial score (nSPS) is 27.1. The first kappa shape index (κ1) is 14.9. The average Bonchev–Trinajstić information content (AvgIpc) is 2.28. The van der Waals surface area contributed by atoms with Crippen molar-refractivity contribution in [3.05, 3.63) is 34.9 Å². The van der Waals surface area contributed by atoms with Gasteiger partial charge in [-0.05, 0) is 42.3 Å². The number of benzene rings is 1. The summed E-state index contributed by atoms with van der Waals surface area (Å²) in [6.45, 7) is 11.3. The van der Waals surface area contributed by atoms with Crippen molar-refractivity contribution in [2.75, 3.05) is 13.1 Å². The van der Waals surface area contributed by atoms with Gasteiger partial charge in [-0.3, -0.25) is 0 Å². The number of nitrogens with one attached hydrogen (secondary N) is 1. The van der Waals surface area contributed by atoms with Crippen LogP contribution in [0.5, 0.6) is 0 Å². The fraction of sp³-hybridized carbons (Fsp3) is 0.647. The molecule has 1 nitrogen and oxygen atoms in total. The zero-order valence-electron chi connectivity index (χ0n) is 12.6. The standard InChI is InChI=1S/C17H26ClN/c1-5-19-12-17(10-13(11-17)16(2,3)4)14-8-6-7-9-15(14)18/h6-9,13,19H,5,10-12H2,1-4H3. The molecular formula is C17H26ClN. The van der Waals surface area contributed by atoms with Gasteiger partial charge in [-0.25, -0.2) is 0 Å². The Kier molecular flexibility index (Phi) is 4.27. The molecule has 19 heavy (non-hydrogen) atoms. The molecule has 2 heteroatoms. The zero-order valence-corrected chi connectivity index (χ0v) is 13.3. The third-order valence-corrected chi connectivity index (χ3v) is 4.99. The predicted molar refractivity (Wildman–Crippen MR) is 83.9 cm³/mol. The van der Waals surface area contributed by atoms with Crippen molar-refractivity contribution in [3.63, 3.8) is 0 Å². The molecule has 0 amide bonds. The molecule has 1 fully saturated rings. The van der Waals surface area contributed by atoms with Crippen molar-refractivity contribution in [2.45, 2.75) is 46.0 Å². The molecule has 2 rings (SSSR count). The van der Waals surface area contributed by atoms with Crippen LogP contribution in [0.15, 0.2) is 24.3 Å². The topological polar surface area (TPSA) is 12.0 Å². The van der Waals surface area contributed by atoms with E-state index < -0.39 is 0 Å². The quantitative estimate of drug-likeness (QED) is 0.846. The first-order valence-corrected chi connectivity index (χ1v) is 7.72. The van der Waals surface area contributed by atoms with Crippen LogP contribution < -0.4 is 5.32 Å². The van der Waals surface area contributed by atoms with Crippen LogP contribution in [0, 0.1) is 11.3 Å². The van der Waals surface area contributed by atoms with Crippen molar-refractivity contribution >= 4 is 11.6 Å². The Hall–Kier alpha value is -0.530. The highest BCUT2D eigenvalue weighted by molar-refractivity contribution is 6.31. The lowest BCUT2D eigenvalue weighted by atomic mass is 9.52. The van der Waals surface area contributed by atoms with Gasteiger partial charge in [0.25, 0.3) is 0 Å². The Balaban J connectivity index is 2.22. The number of hydrogen-bond acceptors (Lipinski definition) is 1. The van der Waals surface area contributed by atoms with Crippen LogP contribution in [0.4, 0.5) is 0 Å². The molecule has 1 aliphatic rings. The van der Waals surface area contributed by atoms with E-state index in [9.17, 15) is 0 Å². The summed E-state index contributed by atoms with van der Waals surface area (Å²) in [5.74, 6) is 0.794. The van der Waals surface area contributed by atoms with E-state index in [0.29, 0.717) is 5.41 Å². The average molecular weight is 280 g/mol. The van der Waals surface area contributed by atoms with Gasteiger partial charge < -0.3 is 5.32 Å². The monoisotopic (exact) mass is 279 g/mol. The molecule has 1 saturated carbocycles. The van der Waals surface area contributed by atoms with E-state index in [2.05, 4.69) is 45.1 Å². The van der Waals surface area contributed by atoms with Crippen LogP contribution in [0.2, 0.25) is 5.02 Å². The van der Waals surface area contributed by atoms with E-state index >= 15 is 0 Å². The maximum absolute atomic E-state index is 6.43. The first-order valence-electron chi connectivity index (χ1n) is 7.35. The molecule has 0 heterocycles. The zero-order chi connectivity index (χ0) is 14.1. The van der Waals surface area contributed by atoms with Gasteiger partial charge in [0, 0.05) is 17.0 Å². The largest absolute Gasteiger partial charge is 0.316 e. The Labute approximate surface area is 122 Å². The molecule has 0 bridgehead atoms. The van der Waals surface area contributed by atoms with Crippen LogP contribution in [-0.4, -0.2) is 13.1 Å². The third kappa shape index (κ3) is 2.98. The second-order valence-corrected chi connectivity index (χ2v) is 7.42. The molecule has 0 aliphatic heterocycles. The maximum Gasteiger partial charge on any atom is 0.0444 e. The van der Waals surface area contributed by atoms with E-state index in [1.807, 2.05) is 12.1 Å². The van der Waals surface area contributed by atoms with Crippen LogP contribution in [-0.2, 0) is 5.41 Å². The minimum Gasteiger partial charge on any atom is -0.316 e. The third-order valence-electron chi connectivity index (χ3n) is 4.66. The lowest BCUT2D eigenvalue weighted by molar-refractivity contribution is 0.0452. The van der Waals surface area contributed by atoms with Gasteiger partial charge in [0.2, 0.25) is 0 Å². The van der Waals surface area contributed by atoms with Crippen molar-refractivity contribution in [2.24, 2.45) is 11.3 Å². The fourth-order valence-electron chi connectivity index (χ4n) is 3.21. The summed E-state index contributed by atoms with van der Waals surface area (Å²) in [6.07, 6.45) is 2.49. The van der Waals surface area contributed by atoms with E-state index in [-0.39, 0.29) is 5.41 Å². The number of rotatable bonds is 4. The van der Waals surface area contributed by atoms with E-state index in [1.165, 1.54) is 18.4 Å². The van der Waals surface area contributed by atoms with Crippen molar-refractivity contribution in [3.8, 4) is 0 Å². The predicted octanol–water partition coefficient (Wildman–Crippen LogP) is 4.64. The lowest BCUT2D eigenvalue weighted by Gasteiger charge is -2.53. The molecule has 0 radical (unpaired) electrons. The van der Waals surface area contributed by atoms with Crippen LogP contribution >= 0.6 is 11.6 Å². The molecule has 1 N–H and O–H groups in total. The summed E-state index contributed by atoms with van der Waals surface area (Å²) in [5, 5.41) is 4.45. The SMILES string of the molecule is CCNCC1(c2ccccc2Cl)CC(C(C)(C)C)C1. The highest BCUT2D eigenvalue weighted by Crippen LogP contribution is 2.55. The molecule has 0 spiro atoms. The van der Waals surface area contributed by atoms with Gasteiger partial charge in [0.15, 0.2) is 0 Å². The molecular weight excluding hydrogens is 254 g/mol. The number of halogens is 1. The van der Waals surface area contributed by atoms with Crippen molar-refractivity contribution in [1.29, 1.82) is 0 Å². The van der Waals surface area contributed by atoms with E-state index in [4.69, 9.17) is 11.6 Å². The smallest absolute Gasteiger partial charge is 0.0444 e. The van der Waals surface area contributed by atoms with Gasteiger partial charge in [-0.2, -0.15) is 0 Å². The van der Waals surface area contributed by atoms with E-state index in [1.54, 1.807) is 0 Å². The van der Waals surface area contributed by atoms with E-state index in [0.717, 1.165) is 24.0 Å². The Morgan fingerprint density at radius 2 is 1.89 bits per heavy atom. The molecule has 0 aromatic heterocycles. The number of likely N-dealkylation sites (N-methyl/N-ethyl adjacent to an activating group) is 1. The molecule has 1 aromatic rings. The van der Waals surface area contributed by atoms with Crippen LogP contribution in [0.1, 0.15) is 46.1 Å². The van der Waals surface area contributed by atoms with Gasteiger partial charge in [0.1, 0.15) is 0 Å². The summed E-state index contributed by atoms with van der Waals surface area (Å²) >= 11 is 6.43. The van der Waals surface area contributed by atoms with Crippen molar-refractivity contribution < 1.29 is 0 Å². The summed E-state index contributed by atoms with van der Waals surface area (Å²) < 4.78 is 0. The maximum atomic E-state index is 6.43. The Bertz CT molecular complexity index is 427. The van der Waals surface area contributed by atoms with Gasteiger partial charge in [-0.1, -0.05) is 57.5 Å². The first-order chi connectivity index (χ1) is 8.89. The highest BCUT2D eigenvalue weighted by atomic mass is 35.5. The van der Waals surface area contributed by atoms with Gasteiger partial charge in [0.05, 0.1) is 0 Å². The molecule has 0 unspecified atom stereocenters. The summed E-state index contributed by atoms with van der Waals surface area (Å²) in [6, 6.07) is 8.36. The summed E-state index contributed by atoms with van der Waals surface area (Å²) in [7, 11) is 0. The minimum atomic E-state index is 0.242. The van der Waals surface area contributed by atoms with Crippen LogP contribution in [0.25, 0.3) is 0 Å². The molecule has 0 saturated heterocycles. The summed E-state index contributed by atoms with van der Waals surface area (Å²) in [4.78, 5) is 0. The van der Waals surface area contributed by atoms with Gasteiger partial charge >= 0.3 is 0 Å². The lowest BCUT2D eigenvalue weighted by Crippen LogP contribution is -2.52. The minimum absolute atomic E-state index is 0.242. The Morgan fingerprint density at radius 1 is 1.26 bits per heavy atom. The molecule has 106 valence electrons.